The highest BCUT2D eigenvalue weighted by atomic mass is 16.5. The van der Waals surface area contributed by atoms with Gasteiger partial charge in [0, 0.05) is 19.6 Å². The van der Waals surface area contributed by atoms with Gasteiger partial charge in [0.15, 0.2) is 0 Å². The Kier molecular flexibility index (Phi) is 4.60. The van der Waals surface area contributed by atoms with Crippen LogP contribution >= 0.6 is 0 Å². The Balaban J connectivity index is 1.96. The minimum absolute atomic E-state index is 0.0134. The van der Waals surface area contributed by atoms with E-state index in [4.69, 9.17) is 14.9 Å². The van der Waals surface area contributed by atoms with Crippen LogP contribution in [0.4, 0.5) is 4.79 Å². The third-order valence-corrected chi connectivity index (χ3v) is 3.76. The number of amides is 2. The van der Waals surface area contributed by atoms with E-state index < -0.39 is 12.0 Å². The maximum atomic E-state index is 12.1. The molecule has 1 saturated heterocycles. The van der Waals surface area contributed by atoms with Crippen molar-refractivity contribution in [3.8, 4) is 0 Å². The van der Waals surface area contributed by atoms with Crippen molar-refractivity contribution >= 4 is 12.0 Å². The van der Waals surface area contributed by atoms with Crippen LogP contribution in [-0.2, 0) is 9.53 Å². The van der Waals surface area contributed by atoms with Crippen LogP contribution in [-0.4, -0.2) is 65.1 Å². The number of urea groups is 1. The van der Waals surface area contributed by atoms with Crippen molar-refractivity contribution in [2.45, 2.75) is 43.9 Å². The van der Waals surface area contributed by atoms with Gasteiger partial charge in [0.05, 0.1) is 18.8 Å². The highest BCUT2D eigenvalue weighted by Crippen LogP contribution is 2.29. The number of nitrogens with zero attached hydrogens (tertiary/aromatic N) is 1. The van der Waals surface area contributed by atoms with E-state index >= 15 is 0 Å². The third kappa shape index (κ3) is 3.16. The second kappa shape index (κ2) is 6.21. The maximum Gasteiger partial charge on any atom is 0.326 e. The molecule has 0 bridgehead atoms. The average Bonchev–Trinajstić information content (AvgIpc) is 2.85. The molecular formula is C12H20N2O5. The van der Waals surface area contributed by atoms with E-state index in [1.54, 1.807) is 4.90 Å². The second-order valence-corrected chi connectivity index (χ2v) is 4.95. The monoisotopic (exact) mass is 272 g/mol. The van der Waals surface area contributed by atoms with Gasteiger partial charge in [0.1, 0.15) is 6.04 Å². The standard InChI is InChI=1S/C12H20N2O5/c15-6-4-8(11(16)17)13-12(18)14-5-7-19-10-3-1-2-9(10)14/h8-10,15H,1-7H2,(H,13,18)(H,16,17)/t8-,9?,10?/m1/s1. The van der Waals surface area contributed by atoms with Crippen molar-refractivity contribution in [3.05, 3.63) is 0 Å². The van der Waals surface area contributed by atoms with Gasteiger partial charge in [-0.1, -0.05) is 0 Å². The molecule has 3 atom stereocenters. The number of hydrogen-bond acceptors (Lipinski definition) is 4. The largest absolute Gasteiger partial charge is 0.480 e. The minimum atomic E-state index is -1.13. The zero-order valence-corrected chi connectivity index (χ0v) is 10.7. The molecule has 19 heavy (non-hydrogen) atoms. The number of morpholine rings is 1. The van der Waals surface area contributed by atoms with Crippen LogP contribution in [0.1, 0.15) is 25.7 Å². The third-order valence-electron chi connectivity index (χ3n) is 3.76. The van der Waals surface area contributed by atoms with E-state index in [0.717, 1.165) is 19.3 Å². The summed E-state index contributed by atoms with van der Waals surface area (Å²) < 4.78 is 5.60. The van der Waals surface area contributed by atoms with Gasteiger partial charge in [0.2, 0.25) is 0 Å². The van der Waals surface area contributed by atoms with E-state index in [1.165, 1.54) is 0 Å². The van der Waals surface area contributed by atoms with Gasteiger partial charge in [-0.25, -0.2) is 9.59 Å². The lowest BCUT2D eigenvalue weighted by Crippen LogP contribution is -2.57. The topological polar surface area (TPSA) is 99.1 Å². The molecule has 2 rings (SSSR count). The fourth-order valence-corrected chi connectivity index (χ4v) is 2.80. The summed E-state index contributed by atoms with van der Waals surface area (Å²) in [5.74, 6) is -1.13. The molecule has 0 aromatic rings. The van der Waals surface area contributed by atoms with Crippen LogP contribution in [0.5, 0.6) is 0 Å². The van der Waals surface area contributed by atoms with Gasteiger partial charge in [-0.2, -0.15) is 0 Å². The molecule has 1 aliphatic carbocycles. The predicted octanol–water partition coefficient (Wildman–Crippen LogP) is -0.215. The number of nitrogens with one attached hydrogen (secondary N) is 1. The molecule has 2 aliphatic rings. The van der Waals surface area contributed by atoms with Crippen LogP contribution < -0.4 is 5.32 Å². The van der Waals surface area contributed by atoms with E-state index in [-0.39, 0.29) is 31.2 Å². The Morgan fingerprint density at radius 2 is 2.21 bits per heavy atom. The van der Waals surface area contributed by atoms with Gasteiger partial charge in [-0.15, -0.1) is 0 Å². The van der Waals surface area contributed by atoms with E-state index in [1.807, 2.05) is 0 Å². The number of aliphatic hydroxyl groups excluding tert-OH is 1. The van der Waals surface area contributed by atoms with Crippen molar-refractivity contribution in [1.82, 2.24) is 10.2 Å². The molecule has 0 radical (unpaired) electrons. The first-order valence-electron chi connectivity index (χ1n) is 6.66. The zero-order valence-electron chi connectivity index (χ0n) is 10.7. The minimum Gasteiger partial charge on any atom is -0.480 e. The zero-order chi connectivity index (χ0) is 13.8. The normalized spacial score (nSPS) is 27.7. The molecular weight excluding hydrogens is 252 g/mol. The lowest BCUT2D eigenvalue weighted by atomic mass is 10.1. The van der Waals surface area contributed by atoms with Crippen LogP contribution in [0, 0.1) is 0 Å². The molecule has 1 saturated carbocycles. The number of ether oxygens (including phenoxy) is 1. The highest BCUT2D eigenvalue weighted by molar-refractivity contribution is 5.82. The first kappa shape index (κ1) is 14.1. The SMILES string of the molecule is O=C(O)[C@@H](CCO)NC(=O)N1CCOC2CCCC21. The number of fused-ring (bicyclic) bond motifs is 1. The van der Waals surface area contributed by atoms with Crippen LogP contribution in [0.3, 0.4) is 0 Å². The number of carbonyl (C=O) groups is 2. The van der Waals surface area contributed by atoms with Gasteiger partial charge in [0.25, 0.3) is 0 Å². The summed E-state index contributed by atoms with van der Waals surface area (Å²) in [6, 6.07) is -1.36. The number of aliphatic carboxylic acids is 1. The van der Waals surface area contributed by atoms with Gasteiger partial charge in [-0.3, -0.25) is 0 Å². The second-order valence-electron chi connectivity index (χ2n) is 4.95. The molecule has 2 unspecified atom stereocenters. The molecule has 0 aromatic heterocycles. The summed E-state index contributed by atoms with van der Waals surface area (Å²) in [6.07, 6.45) is 2.97. The molecule has 1 aliphatic heterocycles. The Labute approximate surface area is 111 Å². The number of rotatable bonds is 4. The summed E-state index contributed by atoms with van der Waals surface area (Å²) >= 11 is 0. The molecule has 7 heteroatoms. The Hall–Kier alpha value is -1.34. The quantitative estimate of drug-likeness (QED) is 0.657. The van der Waals surface area contributed by atoms with Crippen LogP contribution in [0.2, 0.25) is 0 Å². The molecule has 2 fully saturated rings. The van der Waals surface area contributed by atoms with E-state index in [2.05, 4.69) is 5.32 Å². The number of carboxylic acids is 1. The molecule has 108 valence electrons. The molecule has 0 spiro atoms. The summed E-state index contributed by atoms with van der Waals surface area (Å²) in [7, 11) is 0. The number of hydrogen-bond donors (Lipinski definition) is 3. The van der Waals surface area contributed by atoms with Crippen molar-refractivity contribution in [2.75, 3.05) is 19.8 Å². The Morgan fingerprint density at radius 1 is 1.42 bits per heavy atom. The van der Waals surface area contributed by atoms with E-state index in [9.17, 15) is 9.59 Å². The number of aliphatic hydroxyl groups is 1. The van der Waals surface area contributed by atoms with Crippen molar-refractivity contribution in [3.63, 3.8) is 0 Å². The highest BCUT2D eigenvalue weighted by Gasteiger charge is 2.39. The van der Waals surface area contributed by atoms with E-state index in [0.29, 0.717) is 13.2 Å². The first-order chi connectivity index (χ1) is 9.13. The molecule has 2 amide bonds. The average molecular weight is 272 g/mol. The van der Waals surface area contributed by atoms with Gasteiger partial charge < -0.3 is 25.2 Å². The van der Waals surface area contributed by atoms with Crippen molar-refractivity contribution in [1.29, 1.82) is 0 Å². The fraction of sp³-hybridized carbons (Fsp3) is 0.833. The summed E-state index contributed by atoms with van der Waals surface area (Å²) in [5, 5.41) is 20.3. The Bertz CT molecular complexity index is 349. The van der Waals surface area contributed by atoms with Crippen LogP contribution in [0.25, 0.3) is 0 Å². The summed E-state index contributed by atoms with van der Waals surface area (Å²) in [4.78, 5) is 24.8. The summed E-state index contributed by atoms with van der Waals surface area (Å²) in [6.45, 7) is 0.706. The van der Waals surface area contributed by atoms with Crippen molar-refractivity contribution in [2.24, 2.45) is 0 Å². The smallest absolute Gasteiger partial charge is 0.326 e. The fourth-order valence-electron chi connectivity index (χ4n) is 2.80. The number of carbonyl (C=O) groups excluding carboxylic acids is 1. The molecule has 3 N–H and O–H groups in total. The van der Waals surface area contributed by atoms with Gasteiger partial charge >= 0.3 is 12.0 Å². The molecule has 0 aromatic carbocycles. The molecule has 7 nitrogen and oxygen atoms in total. The lowest BCUT2D eigenvalue weighted by molar-refractivity contribution is -0.139. The maximum absolute atomic E-state index is 12.1. The van der Waals surface area contributed by atoms with Crippen LogP contribution in [0.15, 0.2) is 0 Å². The number of carboxylic acid groups (broad SMARTS) is 1. The van der Waals surface area contributed by atoms with Gasteiger partial charge in [-0.05, 0) is 19.3 Å². The first-order valence-corrected chi connectivity index (χ1v) is 6.66. The Morgan fingerprint density at radius 3 is 2.89 bits per heavy atom. The predicted molar refractivity (Wildman–Crippen MR) is 65.7 cm³/mol. The lowest BCUT2D eigenvalue weighted by Gasteiger charge is -2.38. The molecule has 1 heterocycles. The summed E-state index contributed by atoms with van der Waals surface area (Å²) in [5.41, 5.74) is 0. The van der Waals surface area contributed by atoms with Crippen molar-refractivity contribution < 1.29 is 24.5 Å².